The third kappa shape index (κ3) is 3.53. The molecule has 0 unspecified atom stereocenters. The summed E-state index contributed by atoms with van der Waals surface area (Å²) in [7, 11) is 0.908. The smallest absolute Gasteiger partial charge is 0.465 e. The number of hydrogen-bond donors (Lipinski definition) is 0. The van der Waals surface area contributed by atoms with Gasteiger partial charge in [-0.1, -0.05) is 0 Å². The molecule has 1 aromatic heterocycles. The number of hydrogen-bond acceptors (Lipinski definition) is 6. The Morgan fingerprint density at radius 1 is 1.47 bits per heavy atom. The van der Waals surface area contributed by atoms with E-state index < -0.39 is 34.4 Å². The second-order valence-electron chi connectivity index (χ2n) is 3.24. The molecule has 0 aliphatic heterocycles. The van der Waals surface area contributed by atoms with Crippen molar-refractivity contribution in [1.29, 1.82) is 0 Å². The number of ether oxygens (including phenoxy) is 2. The molecule has 0 aliphatic carbocycles. The van der Waals surface area contributed by atoms with Crippen molar-refractivity contribution in [3.63, 3.8) is 0 Å². The highest BCUT2D eigenvalue weighted by atomic mass is 19.4. The minimum absolute atomic E-state index is 0.322. The van der Waals surface area contributed by atoms with Gasteiger partial charge in [-0.15, -0.1) is 13.2 Å². The molecule has 0 spiro atoms. The van der Waals surface area contributed by atoms with Crippen molar-refractivity contribution in [1.82, 2.24) is 4.98 Å². The predicted octanol–water partition coefficient (Wildman–Crippen LogP) is 1.98. The zero-order valence-electron chi connectivity index (χ0n) is 9.65. The number of pyridine rings is 1. The number of carbonyl (C=O) groups is 1. The van der Waals surface area contributed by atoms with Gasteiger partial charge >= 0.3 is 12.3 Å². The van der Waals surface area contributed by atoms with E-state index in [1.165, 1.54) is 0 Å². The van der Waals surface area contributed by atoms with E-state index >= 15 is 0 Å². The molecule has 0 radical (unpaired) electrons. The van der Waals surface area contributed by atoms with Crippen LogP contribution in [0.5, 0.6) is 5.88 Å². The van der Waals surface area contributed by atoms with Crippen molar-refractivity contribution in [2.45, 2.75) is 13.3 Å². The average molecular weight is 280 g/mol. The zero-order chi connectivity index (χ0) is 14.8. The fourth-order valence-electron chi connectivity index (χ4n) is 1.20. The SMILES string of the molecule is COC(=O)c1cc([N+](=O)[O-])c(C)nc1OC(F)(F)F. The van der Waals surface area contributed by atoms with Crippen molar-refractivity contribution < 1.29 is 32.4 Å². The molecule has 0 N–H and O–H groups in total. The molecule has 0 fully saturated rings. The average Bonchev–Trinajstić information content (AvgIpc) is 2.25. The fourth-order valence-corrected chi connectivity index (χ4v) is 1.20. The Morgan fingerprint density at radius 3 is 2.47 bits per heavy atom. The Labute approximate surface area is 104 Å². The van der Waals surface area contributed by atoms with Crippen molar-refractivity contribution in [3.05, 3.63) is 27.4 Å². The standard InChI is InChI=1S/C9H7F3N2O5/c1-4-6(14(16)17)3-5(8(15)18-2)7(13-4)19-9(10,11)12/h3H,1-2H3. The number of nitro groups is 1. The molecule has 0 aliphatic rings. The fraction of sp³-hybridized carbons (Fsp3) is 0.333. The van der Waals surface area contributed by atoms with Crippen LogP contribution in [0.15, 0.2) is 6.07 Å². The lowest BCUT2D eigenvalue weighted by Crippen LogP contribution is -2.21. The molecular formula is C9H7F3N2O5. The molecule has 104 valence electrons. The van der Waals surface area contributed by atoms with Crippen LogP contribution in [0, 0.1) is 17.0 Å². The van der Waals surface area contributed by atoms with Crippen LogP contribution in [-0.4, -0.2) is 29.3 Å². The van der Waals surface area contributed by atoms with Crippen molar-refractivity contribution in [2.75, 3.05) is 7.11 Å². The summed E-state index contributed by atoms with van der Waals surface area (Å²) in [6.07, 6.45) is -5.08. The largest absolute Gasteiger partial charge is 0.574 e. The molecule has 7 nitrogen and oxygen atoms in total. The number of nitrogens with zero attached hydrogens (tertiary/aromatic N) is 2. The van der Waals surface area contributed by atoms with Gasteiger partial charge in [-0.3, -0.25) is 10.1 Å². The first kappa shape index (κ1) is 14.7. The van der Waals surface area contributed by atoms with Gasteiger partial charge in [-0.05, 0) is 6.92 Å². The van der Waals surface area contributed by atoms with Crippen molar-refractivity contribution >= 4 is 11.7 Å². The summed E-state index contributed by atoms with van der Waals surface area (Å²) in [6, 6.07) is 0.620. The lowest BCUT2D eigenvalue weighted by Gasteiger charge is -2.11. The Bertz CT molecular complexity index is 529. The van der Waals surface area contributed by atoms with E-state index in [0.29, 0.717) is 6.07 Å². The topological polar surface area (TPSA) is 91.6 Å². The van der Waals surface area contributed by atoms with Gasteiger partial charge in [-0.2, -0.15) is 0 Å². The Hall–Kier alpha value is -2.39. The normalized spacial score (nSPS) is 11.0. The maximum Gasteiger partial charge on any atom is 0.574 e. The first-order valence-electron chi connectivity index (χ1n) is 4.66. The van der Waals surface area contributed by atoms with Crippen LogP contribution < -0.4 is 4.74 Å². The van der Waals surface area contributed by atoms with Gasteiger partial charge in [0.15, 0.2) is 0 Å². The summed E-state index contributed by atoms with van der Waals surface area (Å²) < 4.78 is 44.1. The molecule has 0 bridgehead atoms. The van der Waals surface area contributed by atoms with Gasteiger partial charge in [0.25, 0.3) is 5.69 Å². The Kier molecular flexibility index (Phi) is 3.92. The summed E-state index contributed by atoms with van der Waals surface area (Å²) in [5.74, 6) is -2.32. The molecule has 0 saturated carbocycles. The molecule has 19 heavy (non-hydrogen) atoms. The molecule has 0 saturated heterocycles. The summed E-state index contributed by atoms with van der Waals surface area (Å²) in [4.78, 5) is 24.3. The maximum absolute atomic E-state index is 12.1. The van der Waals surface area contributed by atoms with Crippen LogP contribution >= 0.6 is 0 Å². The quantitative estimate of drug-likeness (QED) is 0.477. The number of aromatic nitrogens is 1. The van der Waals surface area contributed by atoms with Crippen LogP contribution in [0.3, 0.4) is 0 Å². The second kappa shape index (κ2) is 5.08. The van der Waals surface area contributed by atoms with Crippen LogP contribution in [-0.2, 0) is 4.74 Å². The lowest BCUT2D eigenvalue weighted by atomic mass is 10.2. The summed E-state index contributed by atoms with van der Waals surface area (Å²) >= 11 is 0. The van der Waals surface area contributed by atoms with Gasteiger partial charge in [0, 0.05) is 6.07 Å². The van der Waals surface area contributed by atoms with Gasteiger partial charge in [0.2, 0.25) is 5.88 Å². The van der Waals surface area contributed by atoms with Crippen molar-refractivity contribution in [2.24, 2.45) is 0 Å². The van der Waals surface area contributed by atoms with E-state index in [-0.39, 0.29) is 5.69 Å². The van der Waals surface area contributed by atoms with Crippen molar-refractivity contribution in [3.8, 4) is 5.88 Å². The molecule has 1 heterocycles. The minimum Gasteiger partial charge on any atom is -0.465 e. The minimum atomic E-state index is -5.08. The van der Waals surface area contributed by atoms with Gasteiger partial charge in [0.05, 0.1) is 12.0 Å². The second-order valence-corrected chi connectivity index (χ2v) is 3.24. The third-order valence-corrected chi connectivity index (χ3v) is 1.97. The number of carbonyl (C=O) groups excluding carboxylic acids is 1. The molecule has 1 aromatic rings. The molecule has 0 aromatic carbocycles. The molecule has 10 heteroatoms. The van der Waals surface area contributed by atoms with E-state index in [4.69, 9.17) is 0 Å². The number of methoxy groups -OCH3 is 1. The lowest BCUT2D eigenvalue weighted by molar-refractivity contribution is -0.385. The number of esters is 1. The molecule has 0 amide bonds. The highest BCUT2D eigenvalue weighted by molar-refractivity contribution is 5.92. The summed E-state index contributed by atoms with van der Waals surface area (Å²) in [5, 5.41) is 10.6. The van der Waals surface area contributed by atoms with Gasteiger partial charge in [-0.25, -0.2) is 9.78 Å². The number of aryl methyl sites for hydroxylation is 1. The summed E-state index contributed by atoms with van der Waals surface area (Å²) in [5.41, 5.74) is -1.72. The molecule has 1 rings (SSSR count). The molecular weight excluding hydrogens is 273 g/mol. The Balaban J connectivity index is 3.40. The highest BCUT2D eigenvalue weighted by Gasteiger charge is 2.35. The number of rotatable bonds is 3. The monoisotopic (exact) mass is 280 g/mol. The predicted molar refractivity (Wildman–Crippen MR) is 53.7 cm³/mol. The zero-order valence-corrected chi connectivity index (χ0v) is 9.65. The van der Waals surface area contributed by atoms with Gasteiger partial charge in [0.1, 0.15) is 11.3 Å². The van der Waals surface area contributed by atoms with Crippen LogP contribution in [0.2, 0.25) is 0 Å². The van der Waals surface area contributed by atoms with E-state index in [0.717, 1.165) is 14.0 Å². The number of alkyl halides is 3. The van der Waals surface area contributed by atoms with E-state index in [1.54, 1.807) is 0 Å². The highest BCUT2D eigenvalue weighted by Crippen LogP contribution is 2.29. The molecule has 0 atom stereocenters. The van der Waals surface area contributed by atoms with Crippen LogP contribution in [0.1, 0.15) is 16.1 Å². The maximum atomic E-state index is 12.1. The first-order chi connectivity index (χ1) is 8.65. The third-order valence-electron chi connectivity index (χ3n) is 1.97. The van der Waals surface area contributed by atoms with Gasteiger partial charge < -0.3 is 9.47 Å². The Morgan fingerprint density at radius 2 is 2.05 bits per heavy atom. The number of halogens is 3. The van der Waals surface area contributed by atoms with E-state index in [1.807, 2.05) is 0 Å². The van der Waals surface area contributed by atoms with E-state index in [2.05, 4.69) is 14.5 Å². The first-order valence-corrected chi connectivity index (χ1v) is 4.66. The van der Waals surface area contributed by atoms with Crippen LogP contribution in [0.25, 0.3) is 0 Å². The summed E-state index contributed by atoms with van der Waals surface area (Å²) in [6.45, 7) is 1.11. The van der Waals surface area contributed by atoms with E-state index in [9.17, 15) is 28.1 Å². The van der Waals surface area contributed by atoms with Crippen LogP contribution in [0.4, 0.5) is 18.9 Å².